The minimum atomic E-state index is -0.106. The topological polar surface area (TPSA) is 75.1 Å². The van der Waals surface area contributed by atoms with Crippen molar-refractivity contribution >= 4 is 11.0 Å². The second-order valence-corrected chi connectivity index (χ2v) is 8.92. The lowest BCUT2D eigenvalue weighted by atomic mass is 10.1. The zero-order chi connectivity index (χ0) is 25.4. The number of nitrogens with zero attached hydrogens (tertiary/aromatic N) is 4. The monoisotopic (exact) mass is 482 g/mol. The van der Waals surface area contributed by atoms with E-state index in [9.17, 15) is 4.79 Å². The molecule has 0 amide bonds. The molecular formula is C29H30N4O3. The number of rotatable bonds is 7. The van der Waals surface area contributed by atoms with Crippen LogP contribution in [0.15, 0.2) is 63.8 Å². The molecule has 0 saturated carbocycles. The lowest BCUT2D eigenvalue weighted by molar-refractivity contribution is 0.340. The van der Waals surface area contributed by atoms with Gasteiger partial charge in [0.15, 0.2) is 0 Å². The van der Waals surface area contributed by atoms with Crippen molar-refractivity contribution in [3.8, 4) is 22.9 Å². The van der Waals surface area contributed by atoms with Crippen LogP contribution in [-0.2, 0) is 13.0 Å². The Morgan fingerprint density at radius 1 is 1.00 bits per heavy atom. The Hall–Kier alpha value is -4.13. The fraction of sp³-hybridized carbons (Fsp3) is 0.276. The van der Waals surface area contributed by atoms with Crippen molar-refractivity contribution in [2.75, 3.05) is 6.61 Å². The number of benzene rings is 2. The van der Waals surface area contributed by atoms with Crippen LogP contribution >= 0.6 is 0 Å². The average Bonchev–Trinajstić information content (AvgIpc) is 3.42. The van der Waals surface area contributed by atoms with Crippen molar-refractivity contribution < 1.29 is 9.15 Å². The number of fused-ring (bicyclic) bond motifs is 1. The van der Waals surface area contributed by atoms with Crippen LogP contribution < -0.4 is 10.3 Å². The molecule has 0 saturated heterocycles. The Bertz CT molecular complexity index is 1610. The van der Waals surface area contributed by atoms with E-state index in [1.165, 1.54) is 5.56 Å². The summed E-state index contributed by atoms with van der Waals surface area (Å²) in [5, 5.41) is 5.79. The molecule has 3 aromatic heterocycles. The molecule has 184 valence electrons. The van der Waals surface area contributed by atoms with Gasteiger partial charge in [-0.2, -0.15) is 5.10 Å². The fourth-order valence-electron chi connectivity index (χ4n) is 4.64. The van der Waals surface area contributed by atoms with Crippen LogP contribution in [0, 0.1) is 20.8 Å². The maximum Gasteiger partial charge on any atom is 0.252 e. The number of para-hydroxylation sites is 1. The Morgan fingerprint density at radius 3 is 2.47 bits per heavy atom. The second kappa shape index (κ2) is 9.49. The molecule has 0 N–H and O–H groups in total. The van der Waals surface area contributed by atoms with Gasteiger partial charge in [-0.3, -0.25) is 9.36 Å². The van der Waals surface area contributed by atoms with E-state index in [1.807, 2.05) is 68.8 Å². The number of oxazole rings is 1. The molecule has 7 nitrogen and oxygen atoms in total. The SMILES string of the molecule is CCOc1ccccc1-c1nc(Cn2c(=O)cc(C)c3c(C)nn(-c4ccc(CC)cc4)c32)c(C)o1. The minimum absolute atomic E-state index is 0.106. The molecular weight excluding hydrogens is 452 g/mol. The van der Waals surface area contributed by atoms with Gasteiger partial charge in [0.05, 0.1) is 30.1 Å². The van der Waals surface area contributed by atoms with Gasteiger partial charge in [0.2, 0.25) is 5.89 Å². The smallest absolute Gasteiger partial charge is 0.252 e. The number of hydrogen-bond acceptors (Lipinski definition) is 5. The van der Waals surface area contributed by atoms with E-state index < -0.39 is 0 Å². The van der Waals surface area contributed by atoms with Crippen LogP contribution in [0.4, 0.5) is 0 Å². The molecule has 0 aliphatic carbocycles. The lowest BCUT2D eigenvalue weighted by Gasteiger charge is -2.12. The van der Waals surface area contributed by atoms with E-state index in [0.29, 0.717) is 29.7 Å². The summed E-state index contributed by atoms with van der Waals surface area (Å²) in [5.74, 6) is 1.85. The largest absolute Gasteiger partial charge is 0.493 e. The molecule has 3 heterocycles. The molecule has 0 aliphatic rings. The van der Waals surface area contributed by atoms with E-state index >= 15 is 0 Å². The summed E-state index contributed by atoms with van der Waals surface area (Å²) in [5.41, 5.74) is 6.06. The molecule has 0 fully saturated rings. The third-order valence-corrected chi connectivity index (χ3v) is 6.50. The number of hydrogen-bond donors (Lipinski definition) is 0. The highest BCUT2D eigenvalue weighted by Gasteiger charge is 2.21. The molecule has 0 unspecified atom stereocenters. The zero-order valence-corrected chi connectivity index (χ0v) is 21.3. The van der Waals surface area contributed by atoms with Crippen LogP contribution in [0.3, 0.4) is 0 Å². The molecule has 5 aromatic rings. The maximum absolute atomic E-state index is 13.3. The molecule has 2 aromatic carbocycles. The van der Waals surface area contributed by atoms with E-state index in [1.54, 1.807) is 10.6 Å². The van der Waals surface area contributed by atoms with Gasteiger partial charge in [0.1, 0.15) is 22.9 Å². The molecule has 0 radical (unpaired) electrons. The minimum Gasteiger partial charge on any atom is -0.493 e. The van der Waals surface area contributed by atoms with Gasteiger partial charge >= 0.3 is 0 Å². The summed E-state index contributed by atoms with van der Waals surface area (Å²) in [6.07, 6.45) is 0.961. The van der Waals surface area contributed by atoms with Gasteiger partial charge in [-0.15, -0.1) is 0 Å². The highest BCUT2D eigenvalue weighted by molar-refractivity contribution is 5.83. The predicted molar refractivity (Wildman–Crippen MR) is 141 cm³/mol. The van der Waals surface area contributed by atoms with Crippen molar-refractivity contribution in [1.29, 1.82) is 0 Å². The predicted octanol–water partition coefficient (Wildman–Crippen LogP) is 5.78. The van der Waals surface area contributed by atoms with E-state index in [-0.39, 0.29) is 12.1 Å². The van der Waals surface area contributed by atoms with E-state index in [2.05, 4.69) is 19.1 Å². The maximum atomic E-state index is 13.3. The molecule has 0 aliphatic heterocycles. The summed E-state index contributed by atoms with van der Waals surface area (Å²) in [6.45, 7) is 10.7. The quantitative estimate of drug-likeness (QED) is 0.294. The average molecular weight is 483 g/mol. The third kappa shape index (κ3) is 4.11. The van der Waals surface area contributed by atoms with Gasteiger partial charge in [0, 0.05) is 11.5 Å². The molecule has 36 heavy (non-hydrogen) atoms. The van der Waals surface area contributed by atoms with Crippen molar-refractivity contribution in [2.45, 2.75) is 47.6 Å². The number of pyridine rings is 1. The first-order chi connectivity index (χ1) is 17.4. The summed E-state index contributed by atoms with van der Waals surface area (Å²) < 4.78 is 15.4. The molecule has 0 spiro atoms. The number of ether oxygens (including phenoxy) is 1. The number of aryl methyl sites for hydroxylation is 4. The first kappa shape index (κ1) is 23.6. The van der Waals surface area contributed by atoms with Crippen LogP contribution in [0.25, 0.3) is 28.2 Å². The van der Waals surface area contributed by atoms with Crippen LogP contribution in [-0.4, -0.2) is 25.9 Å². The highest BCUT2D eigenvalue weighted by atomic mass is 16.5. The Labute approximate surface area is 210 Å². The lowest BCUT2D eigenvalue weighted by Crippen LogP contribution is -2.23. The molecule has 0 bridgehead atoms. The standard InChI is InChI=1S/C29H30N4O3/c1-6-21-12-14-22(15-13-21)33-29-27(19(4)31-33)18(3)16-26(34)32(29)17-24-20(5)36-28(30-24)23-10-8-9-11-25(23)35-7-2/h8-16H,6-7,17H2,1-5H3. The van der Waals surface area contributed by atoms with E-state index in [4.69, 9.17) is 19.2 Å². The van der Waals surface area contributed by atoms with Crippen molar-refractivity contribution in [3.05, 3.63) is 93.2 Å². The molecule has 7 heteroatoms. The normalized spacial score (nSPS) is 11.4. The Kier molecular flexibility index (Phi) is 6.22. The first-order valence-corrected chi connectivity index (χ1v) is 12.3. The first-order valence-electron chi connectivity index (χ1n) is 12.3. The zero-order valence-electron chi connectivity index (χ0n) is 21.3. The van der Waals surface area contributed by atoms with Crippen LogP contribution in [0.5, 0.6) is 5.75 Å². The van der Waals surface area contributed by atoms with Gasteiger partial charge in [-0.25, -0.2) is 9.67 Å². The summed E-state index contributed by atoms with van der Waals surface area (Å²) in [7, 11) is 0. The Balaban J connectivity index is 1.64. The summed E-state index contributed by atoms with van der Waals surface area (Å²) in [4.78, 5) is 18.1. The van der Waals surface area contributed by atoms with Crippen molar-refractivity contribution in [1.82, 2.24) is 19.3 Å². The highest BCUT2D eigenvalue weighted by Crippen LogP contribution is 2.31. The van der Waals surface area contributed by atoms with Crippen LogP contribution in [0.1, 0.15) is 42.1 Å². The fourth-order valence-corrected chi connectivity index (χ4v) is 4.64. The van der Waals surface area contributed by atoms with Crippen molar-refractivity contribution in [3.63, 3.8) is 0 Å². The molecule has 0 atom stereocenters. The Morgan fingerprint density at radius 2 is 1.75 bits per heavy atom. The molecule has 5 rings (SSSR count). The van der Waals surface area contributed by atoms with Crippen LogP contribution in [0.2, 0.25) is 0 Å². The number of aromatic nitrogens is 4. The van der Waals surface area contributed by atoms with Gasteiger partial charge in [-0.05, 0) is 69.5 Å². The van der Waals surface area contributed by atoms with Crippen molar-refractivity contribution in [2.24, 2.45) is 0 Å². The second-order valence-electron chi connectivity index (χ2n) is 8.92. The van der Waals surface area contributed by atoms with Gasteiger partial charge < -0.3 is 9.15 Å². The summed E-state index contributed by atoms with van der Waals surface area (Å²) in [6, 6.07) is 17.6. The van der Waals surface area contributed by atoms with Gasteiger partial charge in [-0.1, -0.05) is 31.2 Å². The van der Waals surface area contributed by atoms with E-state index in [0.717, 1.165) is 40.0 Å². The third-order valence-electron chi connectivity index (χ3n) is 6.50. The van der Waals surface area contributed by atoms with Gasteiger partial charge in [0.25, 0.3) is 5.56 Å². The summed E-state index contributed by atoms with van der Waals surface area (Å²) >= 11 is 0.